The largest absolute Gasteiger partial charge is 0.294 e. The molecule has 1 aromatic rings. The number of carbonyl (C=O) groups is 1. The van der Waals surface area contributed by atoms with Gasteiger partial charge in [0.05, 0.1) is 5.02 Å². The molecule has 3 atom stereocenters. The van der Waals surface area contributed by atoms with Crippen molar-refractivity contribution in [1.29, 1.82) is 0 Å². The summed E-state index contributed by atoms with van der Waals surface area (Å²) in [7, 11) is 0. The van der Waals surface area contributed by atoms with Crippen LogP contribution in [0.15, 0.2) is 18.2 Å². The van der Waals surface area contributed by atoms with Crippen molar-refractivity contribution in [3.8, 4) is 0 Å². The standard InChI is InChI=1S/C21H27ClO/c22-19-9-3-7-17-13-18(21(23)20(17)19)8-2-6-16-11-14-4-1-5-15(10-14)12-16/h3,7,9,14-16,18H,1-2,4-6,8,10-13H2. The van der Waals surface area contributed by atoms with Crippen LogP contribution in [0.1, 0.15) is 73.7 Å². The SMILES string of the molecule is O=C1c2c(Cl)cccc2CC1CCCC1CC2CCCC(C2)C1. The minimum absolute atomic E-state index is 0.188. The van der Waals surface area contributed by atoms with E-state index in [1.807, 2.05) is 12.1 Å². The van der Waals surface area contributed by atoms with E-state index in [2.05, 4.69) is 6.07 Å². The van der Waals surface area contributed by atoms with Crippen molar-refractivity contribution in [1.82, 2.24) is 0 Å². The van der Waals surface area contributed by atoms with Gasteiger partial charge < -0.3 is 0 Å². The number of hydrogen-bond acceptors (Lipinski definition) is 1. The number of halogens is 1. The molecule has 0 saturated heterocycles. The van der Waals surface area contributed by atoms with Gasteiger partial charge in [-0.15, -0.1) is 0 Å². The zero-order valence-electron chi connectivity index (χ0n) is 13.9. The predicted octanol–water partition coefficient (Wildman–Crippen LogP) is 6.08. The number of carbonyl (C=O) groups excluding carboxylic acids is 1. The van der Waals surface area contributed by atoms with Gasteiger partial charge in [0, 0.05) is 11.5 Å². The molecule has 23 heavy (non-hydrogen) atoms. The van der Waals surface area contributed by atoms with E-state index in [0.717, 1.165) is 36.2 Å². The third-order valence-electron chi connectivity index (χ3n) is 6.57. The van der Waals surface area contributed by atoms with Gasteiger partial charge in [0.25, 0.3) is 0 Å². The summed E-state index contributed by atoms with van der Waals surface area (Å²) in [6.07, 6.45) is 13.3. The summed E-state index contributed by atoms with van der Waals surface area (Å²) in [5.74, 6) is 3.45. The molecular weight excluding hydrogens is 304 g/mol. The van der Waals surface area contributed by atoms with Crippen LogP contribution < -0.4 is 0 Å². The normalized spacial score (nSPS) is 32.8. The molecule has 2 heteroatoms. The Morgan fingerprint density at radius 3 is 2.57 bits per heavy atom. The zero-order valence-corrected chi connectivity index (χ0v) is 14.7. The van der Waals surface area contributed by atoms with Gasteiger partial charge in [-0.3, -0.25) is 4.79 Å². The molecule has 0 heterocycles. The number of Topliss-reactive ketones (excluding diaryl/α,β-unsaturated/α-hetero) is 1. The Bertz CT molecular complexity index is 582. The van der Waals surface area contributed by atoms with Gasteiger partial charge in [0.1, 0.15) is 0 Å². The van der Waals surface area contributed by atoms with E-state index in [1.54, 1.807) is 0 Å². The summed E-state index contributed by atoms with van der Waals surface area (Å²) in [5.41, 5.74) is 1.98. The first-order valence-corrected chi connectivity index (χ1v) is 9.90. The van der Waals surface area contributed by atoms with E-state index in [4.69, 9.17) is 11.6 Å². The average molecular weight is 331 g/mol. The Labute approximate surface area is 144 Å². The van der Waals surface area contributed by atoms with E-state index in [0.29, 0.717) is 10.8 Å². The van der Waals surface area contributed by atoms with Gasteiger partial charge in [-0.25, -0.2) is 0 Å². The average Bonchev–Trinajstić information content (AvgIpc) is 2.85. The van der Waals surface area contributed by atoms with Crippen LogP contribution in [0.3, 0.4) is 0 Å². The molecular formula is C21H27ClO. The Morgan fingerprint density at radius 1 is 1.04 bits per heavy atom. The third-order valence-corrected chi connectivity index (χ3v) is 6.89. The van der Waals surface area contributed by atoms with Crippen molar-refractivity contribution >= 4 is 17.4 Å². The van der Waals surface area contributed by atoms with Crippen molar-refractivity contribution < 1.29 is 4.79 Å². The summed E-state index contributed by atoms with van der Waals surface area (Å²) >= 11 is 6.22. The molecule has 3 aliphatic rings. The number of ketones is 1. The zero-order chi connectivity index (χ0) is 15.8. The molecule has 0 radical (unpaired) electrons. The molecule has 3 unspecified atom stereocenters. The van der Waals surface area contributed by atoms with Gasteiger partial charge >= 0.3 is 0 Å². The molecule has 4 rings (SSSR count). The van der Waals surface area contributed by atoms with Gasteiger partial charge in [-0.1, -0.05) is 55.8 Å². The lowest BCUT2D eigenvalue weighted by Gasteiger charge is -2.39. The number of hydrogen-bond donors (Lipinski definition) is 0. The van der Waals surface area contributed by atoms with Crippen LogP contribution >= 0.6 is 11.6 Å². The summed E-state index contributed by atoms with van der Waals surface area (Å²) in [6.45, 7) is 0. The van der Waals surface area contributed by atoms with Crippen molar-refractivity contribution in [2.24, 2.45) is 23.7 Å². The fourth-order valence-corrected chi connectivity index (χ4v) is 5.86. The molecule has 0 spiro atoms. The number of rotatable bonds is 4. The van der Waals surface area contributed by atoms with Gasteiger partial charge in [0.15, 0.2) is 5.78 Å². The van der Waals surface area contributed by atoms with Crippen molar-refractivity contribution in [3.63, 3.8) is 0 Å². The second-order valence-corrected chi connectivity index (χ2v) is 8.61. The molecule has 0 amide bonds. The minimum atomic E-state index is 0.188. The van der Waals surface area contributed by atoms with E-state index >= 15 is 0 Å². The summed E-state index contributed by atoms with van der Waals surface area (Å²) < 4.78 is 0. The monoisotopic (exact) mass is 330 g/mol. The molecule has 124 valence electrons. The van der Waals surface area contributed by atoms with E-state index in [-0.39, 0.29) is 5.92 Å². The third kappa shape index (κ3) is 3.22. The molecule has 1 aromatic carbocycles. The predicted molar refractivity (Wildman–Crippen MR) is 95.0 cm³/mol. The number of fused-ring (bicyclic) bond motifs is 3. The minimum Gasteiger partial charge on any atom is -0.294 e. The highest BCUT2D eigenvalue weighted by atomic mass is 35.5. The van der Waals surface area contributed by atoms with Gasteiger partial charge in [-0.2, -0.15) is 0 Å². The van der Waals surface area contributed by atoms with Crippen LogP contribution in [-0.4, -0.2) is 5.78 Å². The Kier molecular flexibility index (Phi) is 4.50. The molecule has 2 bridgehead atoms. The van der Waals surface area contributed by atoms with Crippen LogP contribution in [0, 0.1) is 23.7 Å². The molecule has 1 nitrogen and oxygen atoms in total. The van der Waals surface area contributed by atoms with Crippen LogP contribution in [0.5, 0.6) is 0 Å². The highest BCUT2D eigenvalue weighted by Crippen LogP contribution is 2.44. The van der Waals surface area contributed by atoms with Crippen LogP contribution in [-0.2, 0) is 6.42 Å². The maximum Gasteiger partial charge on any atom is 0.168 e. The Balaban J connectivity index is 1.29. The second-order valence-electron chi connectivity index (χ2n) is 8.21. The smallest absolute Gasteiger partial charge is 0.168 e. The fraction of sp³-hybridized carbons (Fsp3) is 0.667. The molecule has 3 aliphatic carbocycles. The van der Waals surface area contributed by atoms with E-state index in [9.17, 15) is 4.79 Å². The van der Waals surface area contributed by atoms with E-state index < -0.39 is 0 Å². The second kappa shape index (κ2) is 6.59. The lowest BCUT2D eigenvalue weighted by molar-refractivity contribution is 0.0922. The highest BCUT2D eigenvalue weighted by molar-refractivity contribution is 6.34. The summed E-state index contributed by atoms with van der Waals surface area (Å²) in [5, 5.41) is 0.648. The maximum atomic E-state index is 12.6. The summed E-state index contributed by atoms with van der Waals surface area (Å²) in [6, 6.07) is 5.89. The molecule has 0 aromatic heterocycles. The van der Waals surface area contributed by atoms with Crippen LogP contribution in [0.2, 0.25) is 5.02 Å². The van der Waals surface area contributed by atoms with Crippen molar-refractivity contribution in [3.05, 3.63) is 34.3 Å². The Morgan fingerprint density at radius 2 is 1.83 bits per heavy atom. The quantitative estimate of drug-likeness (QED) is 0.653. The fourth-order valence-electron chi connectivity index (χ4n) is 5.57. The van der Waals surface area contributed by atoms with Crippen LogP contribution in [0.25, 0.3) is 0 Å². The molecule has 0 aliphatic heterocycles. The first-order chi connectivity index (χ1) is 11.2. The van der Waals surface area contributed by atoms with Gasteiger partial charge in [0.2, 0.25) is 0 Å². The van der Waals surface area contributed by atoms with E-state index in [1.165, 1.54) is 56.9 Å². The molecule has 2 fully saturated rings. The topological polar surface area (TPSA) is 17.1 Å². The lowest BCUT2D eigenvalue weighted by Crippen LogP contribution is -2.26. The maximum absolute atomic E-state index is 12.6. The first-order valence-electron chi connectivity index (χ1n) is 9.52. The highest BCUT2D eigenvalue weighted by Gasteiger charge is 2.33. The van der Waals surface area contributed by atoms with Crippen molar-refractivity contribution in [2.75, 3.05) is 0 Å². The first kappa shape index (κ1) is 15.7. The summed E-state index contributed by atoms with van der Waals surface area (Å²) in [4.78, 5) is 12.6. The van der Waals surface area contributed by atoms with Crippen molar-refractivity contribution in [2.45, 2.75) is 64.2 Å². The van der Waals surface area contributed by atoms with Gasteiger partial charge in [-0.05, 0) is 61.5 Å². The lowest BCUT2D eigenvalue weighted by atomic mass is 9.67. The Hall–Kier alpha value is -0.820. The molecule has 0 N–H and O–H groups in total. The number of benzene rings is 1. The molecule has 2 saturated carbocycles. The van der Waals surface area contributed by atoms with Crippen LogP contribution in [0.4, 0.5) is 0 Å².